The van der Waals surface area contributed by atoms with Gasteiger partial charge in [-0.1, -0.05) is 78.9 Å². The van der Waals surface area contributed by atoms with Gasteiger partial charge >= 0.3 is 6.09 Å². The third-order valence-electron chi connectivity index (χ3n) is 9.21. The number of carbonyl (C=O) groups excluding carboxylic acids is 1. The van der Waals surface area contributed by atoms with Crippen LogP contribution < -0.4 is 16.2 Å². The quantitative estimate of drug-likeness (QED) is 0.0924. The first-order chi connectivity index (χ1) is 23.9. The molecule has 5 aromatic rings. The summed E-state index contributed by atoms with van der Waals surface area (Å²) < 4.78 is 5.80. The number of amides is 1. The van der Waals surface area contributed by atoms with E-state index in [0.717, 1.165) is 68.6 Å². The Kier molecular flexibility index (Phi) is 11.4. The fourth-order valence-corrected chi connectivity index (χ4v) is 6.51. The molecule has 0 unspecified atom stereocenters. The second-order valence-electron chi connectivity index (χ2n) is 12.7. The number of piperidine rings is 1. The van der Waals surface area contributed by atoms with Gasteiger partial charge < -0.3 is 30.2 Å². The molecule has 0 aliphatic carbocycles. The summed E-state index contributed by atoms with van der Waals surface area (Å²) in [5.41, 5.74) is 6.00. The number of aliphatic hydroxyl groups excluding tert-OH is 1. The number of ether oxygens (including phenoxy) is 1. The van der Waals surface area contributed by atoms with Gasteiger partial charge in [-0.05, 0) is 85.6 Å². The largest absolute Gasteiger partial charge is 0.506 e. The molecule has 49 heavy (non-hydrogen) atoms. The number of hydrogen-bond acceptors (Lipinski definition) is 7. The molecule has 254 valence electrons. The number of aromatic hydroxyl groups is 1. The van der Waals surface area contributed by atoms with Crippen molar-refractivity contribution in [1.82, 2.24) is 15.2 Å². The minimum atomic E-state index is -0.775. The summed E-state index contributed by atoms with van der Waals surface area (Å²) in [5, 5.41) is 27.7. The van der Waals surface area contributed by atoms with Crippen LogP contribution in [0.2, 0.25) is 0 Å². The zero-order valence-electron chi connectivity index (χ0n) is 27.6. The van der Waals surface area contributed by atoms with E-state index in [-0.39, 0.29) is 17.4 Å². The molecule has 1 amide bonds. The Morgan fingerprint density at radius 1 is 0.878 bits per heavy atom. The number of nitrogens with zero attached hydrogens (tertiary/aromatic N) is 1. The fraction of sp³-hybridized carbons (Fsp3) is 0.300. The lowest BCUT2D eigenvalue weighted by atomic mass is 10.0. The van der Waals surface area contributed by atoms with E-state index in [2.05, 4.69) is 44.8 Å². The highest BCUT2D eigenvalue weighted by atomic mass is 16.6. The van der Waals surface area contributed by atoms with E-state index in [9.17, 15) is 19.8 Å². The number of para-hydroxylation sites is 1. The van der Waals surface area contributed by atoms with Gasteiger partial charge in [-0.25, -0.2) is 4.79 Å². The van der Waals surface area contributed by atoms with E-state index >= 15 is 0 Å². The minimum Gasteiger partial charge on any atom is -0.506 e. The molecule has 5 N–H and O–H groups in total. The molecule has 2 heterocycles. The van der Waals surface area contributed by atoms with E-state index in [1.165, 1.54) is 23.3 Å². The summed E-state index contributed by atoms with van der Waals surface area (Å²) in [5.74, 6) is -0.0181. The molecule has 6 rings (SSSR count). The molecule has 0 radical (unpaired) electrons. The number of benzene rings is 4. The van der Waals surface area contributed by atoms with E-state index in [0.29, 0.717) is 29.6 Å². The van der Waals surface area contributed by atoms with Crippen molar-refractivity contribution in [1.29, 1.82) is 0 Å². The van der Waals surface area contributed by atoms with Crippen LogP contribution in [-0.2, 0) is 17.6 Å². The minimum absolute atomic E-state index is 0.0181. The molecule has 9 nitrogen and oxygen atoms in total. The Bertz CT molecular complexity index is 1890. The van der Waals surface area contributed by atoms with Gasteiger partial charge in [-0.15, -0.1) is 0 Å². The molecule has 0 saturated carbocycles. The third-order valence-corrected chi connectivity index (χ3v) is 9.21. The molecular weight excluding hydrogens is 616 g/mol. The number of hydrogen-bond donors (Lipinski definition) is 5. The number of aromatic amines is 1. The van der Waals surface area contributed by atoms with Crippen LogP contribution in [0.5, 0.6) is 5.75 Å². The monoisotopic (exact) mass is 660 g/mol. The van der Waals surface area contributed by atoms with Gasteiger partial charge in [0, 0.05) is 36.7 Å². The first-order valence-corrected chi connectivity index (χ1v) is 17.1. The summed E-state index contributed by atoms with van der Waals surface area (Å²) in [4.78, 5) is 29.5. The molecule has 1 aliphatic rings. The van der Waals surface area contributed by atoms with Crippen molar-refractivity contribution in [2.75, 3.05) is 38.0 Å². The van der Waals surface area contributed by atoms with Gasteiger partial charge in [0.1, 0.15) is 11.9 Å². The van der Waals surface area contributed by atoms with E-state index in [1.807, 2.05) is 54.6 Å². The van der Waals surface area contributed by atoms with Gasteiger partial charge in [0.25, 0.3) is 0 Å². The Balaban J connectivity index is 0.866. The standard InChI is InChI=1S/C40H44N4O5/c45-36-18-16-33(34-17-19-38(47)43-39(34)36)37(46)27-41-23-20-29-14-12-28(13-15-29)7-6-24-44-25-21-31(22-26-44)49-40(48)42-35-11-5-4-10-32(35)30-8-2-1-3-9-30/h1-5,8-19,31,37,41,45-46H,6-7,20-27H2,(H,42,48)(H,43,47)/t37-/m0/s1. The second kappa shape index (κ2) is 16.4. The van der Waals surface area contributed by atoms with Crippen LogP contribution in [0.4, 0.5) is 10.5 Å². The van der Waals surface area contributed by atoms with Crippen molar-refractivity contribution in [3.05, 3.63) is 130 Å². The summed E-state index contributed by atoms with van der Waals surface area (Å²) in [6.45, 7) is 3.93. The molecule has 0 spiro atoms. The van der Waals surface area contributed by atoms with Crippen LogP contribution in [0.25, 0.3) is 22.0 Å². The Hall–Kier alpha value is -4.96. The number of phenols is 1. The van der Waals surface area contributed by atoms with Crippen LogP contribution in [0.15, 0.2) is 108 Å². The SMILES string of the molecule is O=C(Nc1ccccc1-c1ccccc1)OC1CCN(CCCc2ccc(CCNC[C@H](O)c3ccc(O)c4[nH]c(=O)ccc34)cc2)CC1. The predicted molar refractivity (Wildman–Crippen MR) is 194 cm³/mol. The second-order valence-corrected chi connectivity index (χ2v) is 12.7. The number of likely N-dealkylation sites (tertiary alicyclic amines) is 1. The molecule has 1 fully saturated rings. The molecule has 1 saturated heterocycles. The summed E-state index contributed by atoms with van der Waals surface area (Å²) in [6.07, 6.45) is 3.33. The molecule has 9 heteroatoms. The van der Waals surface area contributed by atoms with Gasteiger partial charge in [-0.3, -0.25) is 10.1 Å². The van der Waals surface area contributed by atoms with Gasteiger partial charge in [0.2, 0.25) is 5.56 Å². The van der Waals surface area contributed by atoms with Gasteiger partial charge in [0.15, 0.2) is 0 Å². The molecular formula is C40H44N4O5. The fourth-order valence-electron chi connectivity index (χ4n) is 6.51. The first kappa shape index (κ1) is 33.9. The zero-order valence-corrected chi connectivity index (χ0v) is 27.6. The highest BCUT2D eigenvalue weighted by Gasteiger charge is 2.22. The maximum absolute atomic E-state index is 12.7. The number of carbonyl (C=O) groups is 1. The average Bonchev–Trinajstić information content (AvgIpc) is 3.12. The summed E-state index contributed by atoms with van der Waals surface area (Å²) in [7, 11) is 0. The van der Waals surface area contributed by atoms with E-state index in [4.69, 9.17) is 4.74 Å². The molecule has 4 aromatic carbocycles. The van der Waals surface area contributed by atoms with Crippen molar-refractivity contribution < 1.29 is 19.7 Å². The first-order valence-electron chi connectivity index (χ1n) is 17.1. The number of phenolic OH excluding ortho intramolecular Hbond substituents is 1. The van der Waals surface area contributed by atoms with Crippen LogP contribution in [0.1, 0.15) is 42.1 Å². The van der Waals surface area contributed by atoms with Crippen LogP contribution >= 0.6 is 0 Å². The number of rotatable bonds is 13. The smallest absolute Gasteiger partial charge is 0.411 e. The van der Waals surface area contributed by atoms with Crippen molar-refractivity contribution >= 4 is 22.7 Å². The number of H-pyrrole nitrogens is 1. The molecule has 1 aliphatic heterocycles. The predicted octanol–water partition coefficient (Wildman–Crippen LogP) is 6.41. The third kappa shape index (κ3) is 9.14. The lowest BCUT2D eigenvalue weighted by Crippen LogP contribution is -2.39. The number of aliphatic hydroxyl groups is 1. The lowest BCUT2D eigenvalue weighted by molar-refractivity contribution is 0.0587. The molecule has 1 aromatic heterocycles. The zero-order chi connectivity index (χ0) is 34.0. The Labute approximate surface area is 286 Å². The van der Waals surface area contributed by atoms with Crippen molar-refractivity contribution in [3.8, 4) is 16.9 Å². The maximum Gasteiger partial charge on any atom is 0.411 e. The highest BCUT2D eigenvalue weighted by Crippen LogP contribution is 2.29. The van der Waals surface area contributed by atoms with Gasteiger partial charge in [0.05, 0.1) is 17.3 Å². The normalized spacial score (nSPS) is 14.5. The topological polar surface area (TPSA) is 127 Å². The van der Waals surface area contributed by atoms with Crippen LogP contribution in [0.3, 0.4) is 0 Å². The van der Waals surface area contributed by atoms with Crippen LogP contribution in [0, 0.1) is 0 Å². The molecule has 1 atom stereocenters. The van der Waals surface area contributed by atoms with Gasteiger partial charge in [-0.2, -0.15) is 0 Å². The Morgan fingerprint density at radius 2 is 1.59 bits per heavy atom. The Morgan fingerprint density at radius 3 is 2.37 bits per heavy atom. The number of aromatic nitrogens is 1. The summed E-state index contributed by atoms with van der Waals surface area (Å²) in [6, 6.07) is 32.7. The van der Waals surface area contributed by atoms with Crippen molar-refractivity contribution in [3.63, 3.8) is 0 Å². The van der Waals surface area contributed by atoms with Crippen LogP contribution in [-0.4, -0.2) is 65.0 Å². The lowest BCUT2D eigenvalue weighted by Gasteiger charge is -2.31. The highest BCUT2D eigenvalue weighted by molar-refractivity contribution is 5.91. The van der Waals surface area contributed by atoms with E-state index in [1.54, 1.807) is 12.1 Å². The van der Waals surface area contributed by atoms with Crippen molar-refractivity contribution in [2.45, 2.75) is 44.3 Å². The summed E-state index contributed by atoms with van der Waals surface area (Å²) >= 11 is 0. The van der Waals surface area contributed by atoms with Crippen molar-refractivity contribution in [2.24, 2.45) is 0 Å². The molecule has 0 bridgehead atoms. The number of pyridine rings is 1. The number of nitrogens with one attached hydrogen (secondary N) is 3. The number of aryl methyl sites for hydroxylation is 1. The number of anilines is 1. The maximum atomic E-state index is 12.7. The van der Waals surface area contributed by atoms with E-state index < -0.39 is 12.2 Å². The average molecular weight is 661 g/mol. The number of fused-ring (bicyclic) bond motifs is 1.